The second-order valence-corrected chi connectivity index (χ2v) is 7.50. The molecule has 12 heteroatoms. The minimum Gasteiger partial charge on any atom is -0.373 e. The van der Waals surface area contributed by atoms with E-state index in [9.17, 15) is 14.0 Å². The van der Waals surface area contributed by atoms with Crippen LogP contribution in [0, 0.1) is 0 Å². The van der Waals surface area contributed by atoms with Crippen LogP contribution in [0.15, 0.2) is 47.8 Å². The Hall–Kier alpha value is -4.22. The van der Waals surface area contributed by atoms with Gasteiger partial charge in [0, 0.05) is 39.0 Å². The predicted molar refractivity (Wildman–Crippen MR) is 115 cm³/mol. The fourth-order valence-electron chi connectivity index (χ4n) is 3.39. The highest BCUT2D eigenvalue weighted by Gasteiger charge is 2.39. The molecule has 0 aromatic carbocycles. The molecule has 0 bridgehead atoms. The van der Waals surface area contributed by atoms with Gasteiger partial charge in [-0.05, 0) is 12.1 Å². The summed E-state index contributed by atoms with van der Waals surface area (Å²) in [7, 11) is 3.47. The fraction of sp³-hybridized carbons (Fsp3) is 0.250. The lowest BCUT2D eigenvalue weighted by molar-refractivity contribution is 0.0949. The molecule has 0 unspecified atom stereocenters. The third-order valence-corrected chi connectivity index (χ3v) is 5.18. The van der Waals surface area contributed by atoms with E-state index in [1.54, 1.807) is 55.6 Å². The van der Waals surface area contributed by atoms with Crippen molar-refractivity contribution in [1.29, 1.82) is 0 Å². The van der Waals surface area contributed by atoms with Gasteiger partial charge in [0.1, 0.15) is 29.1 Å². The summed E-state index contributed by atoms with van der Waals surface area (Å²) in [5, 5.41) is 17.0. The van der Waals surface area contributed by atoms with E-state index in [-0.39, 0.29) is 16.8 Å². The smallest absolute Gasteiger partial charge is 0.278 e. The summed E-state index contributed by atoms with van der Waals surface area (Å²) in [6.07, 6.45) is 5.65. The van der Waals surface area contributed by atoms with Gasteiger partial charge in [0.2, 0.25) is 0 Å². The first-order valence-corrected chi connectivity index (χ1v) is 9.94. The lowest BCUT2D eigenvalue weighted by Crippen LogP contribution is -2.27. The zero-order valence-corrected chi connectivity index (χ0v) is 17.3. The maximum absolute atomic E-state index is 13.2. The van der Waals surface area contributed by atoms with E-state index in [4.69, 9.17) is 0 Å². The molecular weight excluding hydrogens is 417 g/mol. The van der Waals surface area contributed by atoms with E-state index in [2.05, 4.69) is 31.1 Å². The number of halogens is 1. The number of aromatic nitrogens is 6. The van der Waals surface area contributed by atoms with Crippen LogP contribution in [0.5, 0.6) is 0 Å². The molecule has 4 aromatic heterocycles. The Morgan fingerprint density at radius 1 is 1.28 bits per heavy atom. The van der Waals surface area contributed by atoms with E-state index < -0.39 is 18.1 Å². The van der Waals surface area contributed by atoms with Crippen LogP contribution in [0.4, 0.5) is 21.7 Å². The zero-order valence-electron chi connectivity index (χ0n) is 17.3. The highest BCUT2D eigenvalue weighted by atomic mass is 19.1. The Labute approximate surface area is 180 Å². The summed E-state index contributed by atoms with van der Waals surface area (Å²) in [4.78, 5) is 30.0. The third kappa shape index (κ3) is 3.45. The van der Waals surface area contributed by atoms with Crippen LogP contribution >= 0.6 is 0 Å². The molecule has 3 N–H and O–H groups in total. The highest BCUT2D eigenvalue weighted by Crippen LogP contribution is 2.26. The Bertz CT molecular complexity index is 1390. The fourth-order valence-corrected chi connectivity index (χ4v) is 3.39. The minimum atomic E-state index is -1.01. The molecule has 1 saturated carbocycles. The molecule has 5 rings (SSSR count). The molecule has 0 saturated heterocycles. The number of carbonyl (C=O) groups is 1. The molecule has 1 amide bonds. The van der Waals surface area contributed by atoms with Crippen LogP contribution in [0.1, 0.15) is 16.8 Å². The molecule has 4 aromatic rings. The molecule has 0 radical (unpaired) electrons. The van der Waals surface area contributed by atoms with E-state index in [1.807, 2.05) is 0 Å². The maximum atomic E-state index is 13.2. The van der Waals surface area contributed by atoms with Crippen LogP contribution < -0.4 is 21.5 Å². The number of alkyl halides is 1. The first kappa shape index (κ1) is 19.7. The number of hydrogen-bond acceptors (Lipinski definition) is 7. The standard InChI is InChI=1S/C20H20FN9O2/c1-22-17-7-16(25-14-4-3-5-29(20(14)32)11-8-23-28(2)10-11)27-18-12(9-24-30(17)18)19(31)26-15-6-13(15)21/h3-5,7-10,13,15,22H,6H2,1-2H3,(H,25,27)(H,26,31)/t13-,15+/m1/s1. The average molecular weight is 437 g/mol. The maximum Gasteiger partial charge on any atom is 0.278 e. The molecule has 1 fully saturated rings. The van der Waals surface area contributed by atoms with Crippen LogP contribution in [-0.4, -0.2) is 54.1 Å². The van der Waals surface area contributed by atoms with E-state index in [0.29, 0.717) is 29.4 Å². The Morgan fingerprint density at radius 3 is 2.78 bits per heavy atom. The van der Waals surface area contributed by atoms with Crippen molar-refractivity contribution in [1.82, 2.24) is 34.3 Å². The Balaban J connectivity index is 1.51. The van der Waals surface area contributed by atoms with Gasteiger partial charge >= 0.3 is 0 Å². The number of nitrogens with zero attached hydrogens (tertiary/aromatic N) is 6. The van der Waals surface area contributed by atoms with Gasteiger partial charge in [-0.3, -0.25) is 18.8 Å². The van der Waals surface area contributed by atoms with Gasteiger partial charge in [0.25, 0.3) is 11.5 Å². The summed E-state index contributed by atoms with van der Waals surface area (Å²) in [5.41, 5.74) is 1.12. The molecular formula is C20H20FN9O2. The van der Waals surface area contributed by atoms with Crippen LogP contribution in [0.2, 0.25) is 0 Å². The van der Waals surface area contributed by atoms with Gasteiger partial charge in [0.15, 0.2) is 5.65 Å². The third-order valence-electron chi connectivity index (χ3n) is 5.18. The Morgan fingerprint density at radius 2 is 2.09 bits per heavy atom. The van der Waals surface area contributed by atoms with E-state index in [1.165, 1.54) is 15.3 Å². The van der Waals surface area contributed by atoms with Crippen LogP contribution in [0.3, 0.4) is 0 Å². The summed E-state index contributed by atoms with van der Waals surface area (Å²) >= 11 is 0. The molecule has 32 heavy (non-hydrogen) atoms. The average Bonchev–Trinajstić information content (AvgIpc) is 3.14. The first-order valence-electron chi connectivity index (χ1n) is 9.94. The number of hydrogen-bond donors (Lipinski definition) is 3. The highest BCUT2D eigenvalue weighted by molar-refractivity contribution is 6.00. The Kier molecular flexibility index (Phi) is 4.61. The molecule has 2 atom stereocenters. The van der Waals surface area contributed by atoms with Gasteiger partial charge in [-0.2, -0.15) is 14.7 Å². The molecule has 1 aliphatic rings. The van der Waals surface area contributed by atoms with Crippen molar-refractivity contribution in [2.75, 3.05) is 17.7 Å². The summed E-state index contributed by atoms with van der Waals surface area (Å²) in [5.74, 6) is 0.442. The monoisotopic (exact) mass is 437 g/mol. The normalized spacial score (nSPS) is 17.3. The molecule has 0 aliphatic heterocycles. The van der Waals surface area contributed by atoms with Crippen LogP contribution in [0.25, 0.3) is 11.3 Å². The SMILES string of the molecule is CNc1cc(Nc2cccn(-c3cnn(C)c3)c2=O)nc2c(C(=O)N[C@H]3C[C@H]3F)cnn12. The molecule has 164 valence electrons. The summed E-state index contributed by atoms with van der Waals surface area (Å²) in [6.45, 7) is 0. The second kappa shape index (κ2) is 7.48. The second-order valence-electron chi connectivity index (χ2n) is 7.50. The topological polar surface area (TPSA) is 123 Å². The molecule has 1 aliphatic carbocycles. The lowest BCUT2D eigenvalue weighted by atomic mass is 10.3. The van der Waals surface area contributed by atoms with E-state index >= 15 is 0 Å². The number of carbonyl (C=O) groups excluding carboxylic acids is 1. The summed E-state index contributed by atoms with van der Waals surface area (Å²) < 4.78 is 17.7. The summed E-state index contributed by atoms with van der Waals surface area (Å²) in [6, 6.07) is 4.56. The van der Waals surface area contributed by atoms with Gasteiger partial charge in [-0.25, -0.2) is 9.37 Å². The van der Waals surface area contributed by atoms with Gasteiger partial charge in [0.05, 0.1) is 24.1 Å². The number of fused-ring (bicyclic) bond motifs is 1. The van der Waals surface area contributed by atoms with Crippen molar-refractivity contribution in [3.63, 3.8) is 0 Å². The van der Waals surface area contributed by atoms with E-state index in [0.717, 1.165) is 0 Å². The number of anilines is 3. The van der Waals surface area contributed by atoms with Crippen molar-refractivity contribution in [2.45, 2.75) is 18.6 Å². The minimum absolute atomic E-state index is 0.213. The molecule has 4 heterocycles. The van der Waals surface area contributed by atoms with Gasteiger partial charge in [-0.15, -0.1) is 0 Å². The van der Waals surface area contributed by atoms with Crippen molar-refractivity contribution >= 4 is 28.9 Å². The lowest BCUT2D eigenvalue weighted by Gasteiger charge is -2.11. The number of amides is 1. The first-order chi connectivity index (χ1) is 15.4. The van der Waals surface area contributed by atoms with Gasteiger partial charge in [-0.1, -0.05) is 0 Å². The van der Waals surface area contributed by atoms with Crippen LogP contribution in [-0.2, 0) is 7.05 Å². The molecule has 0 spiro atoms. The number of nitrogens with one attached hydrogen (secondary N) is 3. The quantitative estimate of drug-likeness (QED) is 0.415. The predicted octanol–water partition coefficient (Wildman–Crippen LogP) is 1.24. The number of rotatable bonds is 6. The molecule has 11 nitrogen and oxygen atoms in total. The van der Waals surface area contributed by atoms with Crippen molar-refractivity contribution in [3.05, 3.63) is 58.9 Å². The van der Waals surface area contributed by atoms with Crippen molar-refractivity contribution < 1.29 is 9.18 Å². The van der Waals surface area contributed by atoms with Crippen molar-refractivity contribution in [3.8, 4) is 5.69 Å². The zero-order chi connectivity index (χ0) is 22.4. The number of aryl methyl sites for hydroxylation is 1. The van der Waals surface area contributed by atoms with Gasteiger partial charge < -0.3 is 16.0 Å². The van der Waals surface area contributed by atoms with Crippen molar-refractivity contribution in [2.24, 2.45) is 7.05 Å². The largest absolute Gasteiger partial charge is 0.373 e. The number of pyridine rings is 1.